The van der Waals surface area contributed by atoms with E-state index in [1.165, 1.54) is 11.1 Å². The van der Waals surface area contributed by atoms with Gasteiger partial charge in [-0.1, -0.05) is 0 Å². The van der Waals surface area contributed by atoms with Crippen molar-refractivity contribution in [1.82, 2.24) is 24.9 Å². The minimum atomic E-state index is 0. The third-order valence-electron chi connectivity index (χ3n) is 4.90. The van der Waals surface area contributed by atoms with Crippen LogP contribution in [0.3, 0.4) is 0 Å². The molecule has 0 saturated carbocycles. The summed E-state index contributed by atoms with van der Waals surface area (Å²) >= 11 is 1.75. The fourth-order valence-corrected chi connectivity index (χ4v) is 4.17. The number of aryl methyl sites for hydroxylation is 1. The van der Waals surface area contributed by atoms with Gasteiger partial charge in [-0.15, -0.1) is 24.0 Å². The van der Waals surface area contributed by atoms with E-state index in [-0.39, 0.29) is 24.0 Å². The molecule has 0 aliphatic carbocycles. The van der Waals surface area contributed by atoms with Crippen LogP contribution in [-0.2, 0) is 7.05 Å². The van der Waals surface area contributed by atoms with E-state index in [1.807, 2.05) is 25.0 Å². The van der Waals surface area contributed by atoms with Gasteiger partial charge in [-0.2, -0.15) is 16.4 Å². The third-order valence-corrected chi connectivity index (χ3v) is 5.60. The first-order valence-electron chi connectivity index (χ1n) is 8.71. The zero-order valence-electron chi connectivity index (χ0n) is 15.9. The Hall–Kier alpha value is -1.13. The maximum Gasteiger partial charge on any atom is 0.193 e. The van der Waals surface area contributed by atoms with E-state index in [1.54, 1.807) is 11.3 Å². The van der Waals surface area contributed by atoms with Crippen molar-refractivity contribution in [2.24, 2.45) is 12.0 Å². The molecule has 0 spiro atoms. The van der Waals surface area contributed by atoms with Gasteiger partial charge >= 0.3 is 0 Å². The van der Waals surface area contributed by atoms with Crippen molar-refractivity contribution in [3.63, 3.8) is 0 Å². The predicted molar refractivity (Wildman–Crippen MR) is 120 cm³/mol. The predicted octanol–water partition coefficient (Wildman–Crippen LogP) is 2.77. The zero-order chi connectivity index (χ0) is 17.8. The van der Waals surface area contributed by atoms with Crippen LogP contribution in [0.4, 0.5) is 0 Å². The average Bonchev–Trinajstić information content (AvgIpc) is 3.32. The molecule has 2 unspecified atom stereocenters. The fraction of sp³-hybridized carbons (Fsp3) is 0.556. The van der Waals surface area contributed by atoms with Crippen LogP contribution in [0, 0.1) is 0 Å². The Labute approximate surface area is 177 Å². The minimum Gasteiger partial charge on any atom is -0.354 e. The molecule has 6 nitrogen and oxygen atoms in total. The molecule has 26 heavy (non-hydrogen) atoms. The smallest absolute Gasteiger partial charge is 0.193 e. The third kappa shape index (κ3) is 4.98. The van der Waals surface area contributed by atoms with Crippen molar-refractivity contribution in [3.05, 3.63) is 40.3 Å². The molecule has 2 aromatic heterocycles. The molecule has 3 rings (SSSR count). The number of guanidine groups is 1. The summed E-state index contributed by atoms with van der Waals surface area (Å²) in [6.45, 7) is 2.88. The van der Waals surface area contributed by atoms with Crippen LogP contribution in [0.5, 0.6) is 0 Å². The lowest BCUT2D eigenvalue weighted by molar-refractivity contribution is 0.296. The Morgan fingerprint density at radius 3 is 2.88 bits per heavy atom. The summed E-state index contributed by atoms with van der Waals surface area (Å²) in [5, 5.41) is 12.2. The molecule has 0 amide bonds. The van der Waals surface area contributed by atoms with E-state index in [0.717, 1.165) is 32.0 Å². The molecule has 1 fully saturated rings. The maximum absolute atomic E-state index is 4.51. The van der Waals surface area contributed by atoms with Crippen LogP contribution in [-0.4, -0.2) is 66.3 Å². The lowest BCUT2D eigenvalue weighted by atomic mass is 10.0. The number of rotatable bonds is 5. The summed E-state index contributed by atoms with van der Waals surface area (Å²) in [7, 11) is 8.10. The molecular weight excluding hydrogens is 459 g/mol. The highest BCUT2D eigenvalue weighted by atomic mass is 127. The van der Waals surface area contributed by atoms with Crippen LogP contribution < -0.4 is 5.32 Å². The van der Waals surface area contributed by atoms with Crippen LogP contribution in [0.25, 0.3) is 0 Å². The van der Waals surface area contributed by atoms with E-state index < -0.39 is 0 Å². The molecule has 1 N–H and O–H groups in total. The van der Waals surface area contributed by atoms with Gasteiger partial charge in [-0.3, -0.25) is 9.67 Å². The van der Waals surface area contributed by atoms with Crippen molar-refractivity contribution in [2.45, 2.75) is 18.4 Å². The molecule has 2 atom stereocenters. The second-order valence-electron chi connectivity index (χ2n) is 6.84. The van der Waals surface area contributed by atoms with Gasteiger partial charge in [-0.05, 0) is 48.5 Å². The largest absolute Gasteiger partial charge is 0.354 e. The number of hydrogen-bond acceptors (Lipinski definition) is 4. The van der Waals surface area contributed by atoms with E-state index in [9.17, 15) is 0 Å². The van der Waals surface area contributed by atoms with Gasteiger partial charge in [0, 0.05) is 45.8 Å². The molecule has 144 valence electrons. The topological polar surface area (TPSA) is 48.7 Å². The highest BCUT2D eigenvalue weighted by molar-refractivity contribution is 14.0. The second kappa shape index (κ2) is 9.70. The summed E-state index contributed by atoms with van der Waals surface area (Å²) in [5.41, 5.74) is 2.68. The van der Waals surface area contributed by atoms with Crippen LogP contribution in [0.15, 0.2) is 34.2 Å². The van der Waals surface area contributed by atoms with Crippen molar-refractivity contribution in [1.29, 1.82) is 0 Å². The molecule has 3 heterocycles. The number of nitrogens with zero attached hydrogens (tertiary/aromatic N) is 5. The number of likely N-dealkylation sites (N-methyl/N-ethyl adjacent to an activating group) is 1. The lowest BCUT2D eigenvalue weighted by Crippen LogP contribution is -2.43. The maximum atomic E-state index is 4.51. The van der Waals surface area contributed by atoms with Gasteiger partial charge in [-0.25, -0.2) is 0 Å². The average molecular weight is 488 g/mol. The first-order valence-corrected chi connectivity index (χ1v) is 9.65. The zero-order valence-corrected chi connectivity index (χ0v) is 19.1. The molecular formula is C18H29IN6S. The normalized spacial score (nSPS) is 18.9. The molecule has 1 aliphatic heterocycles. The van der Waals surface area contributed by atoms with Crippen LogP contribution in [0.1, 0.15) is 29.5 Å². The minimum absolute atomic E-state index is 0. The van der Waals surface area contributed by atoms with Gasteiger partial charge < -0.3 is 15.1 Å². The standard InChI is InChI=1S/C18H28N6S.HI/c1-19-18(20-10-17(22(2)3)15-6-8-25-13-15)24-7-5-14(12-24)16-9-21-23(4)11-16;/h6,8-9,11,13-14,17H,5,7,10,12H2,1-4H3,(H,19,20);1H. The van der Waals surface area contributed by atoms with Gasteiger partial charge in [0.05, 0.1) is 12.2 Å². The van der Waals surface area contributed by atoms with Crippen molar-refractivity contribution < 1.29 is 0 Å². The molecule has 2 aromatic rings. The summed E-state index contributed by atoms with van der Waals surface area (Å²) in [6.07, 6.45) is 5.26. The van der Waals surface area contributed by atoms with Crippen LogP contribution >= 0.6 is 35.3 Å². The molecule has 1 aliphatic rings. The van der Waals surface area contributed by atoms with Crippen molar-refractivity contribution in [3.8, 4) is 0 Å². The van der Waals surface area contributed by atoms with E-state index in [4.69, 9.17) is 0 Å². The summed E-state index contributed by atoms with van der Waals surface area (Å²) in [6, 6.07) is 2.55. The second-order valence-corrected chi connectivity index (χ2v) is 7.62. The van der Waals surface area contributed by atoms with E-state index in [2.05, 4.69) is 62.3 Å². The Morgan fingerprint density at radius 2 is 2.31 bits per heavy atom. The summed E-state index contributed by atoms with van der Waals surface area (Å²) < 4.78 is 1.88. The van der Waals surface area contributed by atoms with Crippen molar-refractivity contribution >= 4 is 41.3 Å². The molecule has 8 heteroatoms. The van der Waals surface area contributed by atoms with Gasteiger partial charge in [0.1, 0.15) is 0 Å². The number of thiophene rings is 1. The highest BCUT2D eigenvalue weighted by Crippen LogP contribution is 2.27. The Bertz CT molecular complexity index is 696. The molecule has 0 aromatic carbocycles. The first-order chi connectivity index (χ1) is 12.1. The Morgan fingerprint density at radius 1 is 1.50 bits per heavy atom. The van der Waals surface area contributed by atoms with Gasteiger partial charge in [0.25, 0.3) is 0 Å². The number of aromatic nitrogens is 2. The van der Waals surface area contributed by atoms with Gasteiger partial charge in [0.2, 0.25) is 0 Å². The summed E-state index contributed by atoms with van der Waals surface area (Å²) in [4.78, 5) is 9.12. The number of hydrogen-bond donors (Lipinski definition) is 1. The lowest BCUT2D eigenvalue weighted by Gasteiger charge is -2.27. The number of likely N-dealkylation sites (tertiary alicyclic amines) is 1. The molecule has 0 bridgehead atoms. The Balaban J connectivity index is 0.00000243. The highest BCUT2D eigenvalue weighted by Gasteiger charge is 2.27. The van der Waals surface area contributed by atoms with E-state index in [0.29, 0.717) is 12.0 Å². The first kappa shape index (κ1) is 21.2. The molecule has 0 radical (unpaired) electrons. The monoisotopic (exact) mass is 488 g/mol. The summed E-state index contributed by atoms with van der Waals surface area (Å²) in [5.74, 6) is 1.53. The SMILES string of the molecule is CN=C(NCC(c1ccsc1)N(C)C)N1CCC(c2cnn(C)c2)C1.I. The number of halogens is 1. The van der Waals surface area contributed by atoms with Gasteiger partial charge in [0.15, 0.2) is 5.96 Å². The number of nitrogens with one attached hydrogen (secondary N) is 1. The number of aliphatic imine (C=N–C) groups is 1. The Kier molecular flexibility index (Phi) is 7.90. The quantitative estimate of drug-likeness (QED) is 0.400. The van der Waals surface area contributed by atoms with Crippen molar-refractivity contribution in [2.75, 3.05) is 40.8 Å². The molecule has 1 saturated heterocycles. The van der Waals surface area contributed by atoms with E-state index >= 15 is 0 Å². The van der Waals surface area contributed by atoms with Crippen LogP contribution in [0.2, 0.25) is 0 Å². The fourth-order valence-electron chi connectivity index (χ4n) is 3.46.